The number of anilines is 2. The highest BCUT2D eigenvalue weighted by Crippen LogP contribution is 2.42. The van der Waals surface area contributed by atoms with Crippen LogP contribution in [0.4, 0.5) is 11.4 Å². The third-order valence-electron chi connectivity index (χ3n) is 10.3. The molecule has 50 heavy (non-hydrogen) atoms. The van der Waals surface area contributed by atoms with Gasteiger partial charge in [0.1, 0.15) is 0 Å². The molecule has 0 atom stereocenters. The maximum absolute atomic E-state index is 2.43. The van der Waals surface area contributed by atoms with E-state index in [0.717, 1.165) is 24.2 Å². The molecule has 1 aliphatic rings. The number of allylic oxidation sites excluding steroid dienone is 3. The first-order valence-corrected chi connectivity index (χ1v) is 18.2. The first kappa shape index (κ1) is 29.0. The van der Waals surface area contributed by atoms with E-state index in [0.29, 0.717) is 0 Å². The largest absolute Gasteiger partial charge is 0.311 e. The van der Waals surface area contributed by atoms with Gasteiger partial charge in [-0.3, -0.25) is 0 Å². The predicted molar refractivity (Wildman–Crippen MR) is 218 cm³/mol. The Morgan fingerprint density at radius 2 is 1.10 bits per heavy atom. The standard InChI is InChI=1S/C48H33NS/c1-2-9-32(10-3-1)36-13-8-14-40(29-36)49(41-25-26-43-38(30-41)18-17-34-11-4-6-15-42(34)43)39-23-19-33(20-24-39)37-22-27-46-45(31-37)48-44-16-7-5-12-35(44)21-28-47(48)50-46/h1-7,9-12,14-31H,8,13H2. The van der Waals surface area contributed by atoms with Crippen LogP contribution in [0.1, 0.15) is 18.4 Å². The maximum Gasteiger partial charge on any atom is 0.0467 e. The fourth-order valence-electron chi connectivity index (χ4n) is 7.84. The monoisotopic (exact) mass is 655 g/mol. The van der Waals surface area contributed by atoms with Crippen molar-refractivity contribution < 1.29 is 0 Å². The van der Waals surface area contributed by atoms with Crippen LogP contribution in [0.15, 0.2) is 182 Å². The summed E-state index contributed by atoms with van der Waals surface area (Å²) in [6.07, 6.45) is 6.83. The Bertz CT molecular complexity index is 2800. The molecular weight excluding hydrogens is 623 g/mol. The summed E-state index contributed by atoms with van der Waals surface area (Å²) in [6.45, 7) is 0. The van der Waals surface area contributed by atoms with E-state index in [2.05, 4.69) is 181 Å². The van der Waals surface area contributed by atoms with Gasteiger partial charge in [0.05, 0.1) is 0 Å². The zero-order chi connectivity index (χ0) is 33.0. The highest BCUT2D eigenvalue weighted by molar-refractivity contribution is 7.26. The third-order valence-corrected chi connectivity index (χ3v) is 11.4. The quantitative estimate of drug-likeness (QED) is 0.167. The summed E-state index contributed by atoms with van der Waals surface area (Å²) in [4.78, 5) is 2.43. The summed E-state index contributed by atoms with van der Waals surface area (Å²) in [5, 5.41) is 10.4. The molecule has 8 aromatic carbocycles. The smallest absolute Gasteiger partial charge is 0.0467 e. The van der Waals surface area contributed by atoms with Crippen LogP contribution in [-0.2, 0) is 0 Å². The third kappa shape index (κ3) is 4.91. The minimum absolute atomic E-state index is 1.01. The fourth-order valence-corrected chi connectivity index (χ4v) is 8.94. The molecule has 10 rings (SSSR count). The molecule has 0 amide bonds. The van der Waals surface area contributed by atoms with E-state index in [1.54, 1.807) is 0 Å². The molecule has 0 unspecified atom stereocenters. The number of hydrogen-bond donors (Lipinski definition) is 0. The highest BCUT2D eigenvalue weighted by atomic mass is 32.1. The van der Waals surface area contributed by atoms with Gasteiger partial charge >= 0.3 is 0 Å². The van der Waals surface area contributed by atoms with Crippen LogP contribution in [0.2, 0.25) is 0 Å². The lowest BCUT2D eigenvalue weighted by Gasteiger charge is -2.29. The summed E-state index contributed by atoms with van der Waals surface area (Å²) < 4.78 is 2.67. The number of nitrogens with zero attached hydrogens (tertiary/aromatic N) is 1. The Balaban J connectivity index is 1.09. The van der Waals surface area contributed by atoms with Gasteiger partial charge in [0.2, 0.25) is 0 Å². The molecule has 0 spiro atoms. The Morgan fingerprint density at radius 1 is 0.440 bits per heavy atom. The number of hydrogen-bond acceptors (Lipinski definition) is 2. The van der Waals surface area contributed by atoms with Gasteiger partial charge in [-0.05, 0) is 116 Å². The van der Waals surface area contributed by atoms with E-state index in [-0.39, 0.29) is 0 Å². The van der Waals surface area contributed by atoms with Gasteiger partial charge in [0.15, 0.2) is 0 Å². The van der Waals surface area contributed by atoms with Crippen molar-refractivity contribution in [2.45, 2.75) is 12.8 Å². The Kier molecular flexibility index (Phi) is 6.89. The van der Waals surface area contributed by atoms with Crippen molar-refractivity contribution in [1.82, 2.24) is 0 Å². The average molecular weight is 656 g/mol. The van der Waals surface area contributed by atoms with E-state index >= 15 is 0 Å². The summed E-state index contributed by atoms with van der Waals surface area (Å²) in [6, 6.07) is 60.3. The molecule has 236 valence electrons. The van der Waals surface area contributed by atoms with Crippen molar-refractivity contribution in [2.75, 3.05) is 4.90 Å². The van der Waals surface area contributed by atoms with Crippen LogP contribution >= 0.6 is 11.3 Å². The Labute approximate surface area is 295 Å². The molecule has 1 nitrogen and oxygen atoms in total. The van der Waals surface area contributed by atoms with Gasteiger partial charge in [-0.1, -0.05) is 127 Å². The minimum atomic E-state index is 1.01. The maximum atomic E-state index is 2.43. The van der Waals surface area contributed by atoms with Crippen molar-refractivity contribution in [1.29, 1.82) is 0 Å². The topological polar surface area (TPSA) is 3.24 Å². The van der Waals surface area contributed by atoms with Gasteiger partial charge in [-0.25, -0.2) is 0 Å². The summed E-state index contributed by atoms with van der Waals surface area (Å²) >= 11 is 1.88. The summed E-state index contributed by atoms with van der Waals surface area (Å²) in [5.74, 6) is 0. The molecule has 0 bridgehead atoms. The molecule has 2 heteroatoms. The fraction of sp³-hybridized carbons (Fsp3) is 0.0417. The van der Waals surface area contributed by atoms with Gasteiger partial charge in [-0.15, -0.1) is 11.3 Å². The molecule has 1 aliphatic carbocycles. The number of fused-ring (bicyclic) bond motifs is 8. The molecule has 9 aromatic rings. The lowest BCUT2D eigenvalue weighted by Crippen LogP contribution is -2.17. The van der Waals surface area contributed by atoms with E-state index in [4.69, 9.17) is 0 Å². The van der Waals surface area contributed by atoms with Crippen LogP contribution in [0.5, 0.6) is 0 Å². The summed E-state index contributed by atoms with van der Waals surface area (Å²) in [7, 11) is 0. The van der Waals surface area contributed by atoms with Gasteiger partial charge in [0, 0.05) is 37.2 Å². The molecule has 0 radical (unpaired) electrons. The first-order valence-electron chi connectivity index (χ1n) is 17.4. The van der Waals surface area contributed by atoms with Crippen LogP contribution in [0, 0.1) is 0 Å². The second kappa shape index (κ2) is 11.9. The zero-order valence-electron chi connectivity index (χ0n) is 27.5. The van der Waals surface area contributed by atoms with E-state index in [1.807, 2.05) is 11.3 Å². The molecule has 0 fully saturated rings. The average Bonchev–Trinajstić information content (AvgIpc) is 3.57. The van der Waals surface area contributed by atoms with Crippen LogP contribution in [-0.4, -0.2) is 0 Å². The number of rotatable bonds is 5. The lowest BCUT2D eigenvalue weighted by atomic mass is 9.95. The molecular formula is C48H33NS. The number of thiophene rings is 1. The molecule has 1 heterocycles. The normalized spacial score (nSPS) is 13.3. The molecule has 1 aromatic heterocycles. The van der Waals surface area contributed by atoms with E-state index in [1.165, 1.54) is 80.5 Å². The van der Waals surface area contributed by atoms with Crippen molar-refractivity contribution in [2.24, 2.45) is 0 Å². The van der Waals surface area contributed by atoms with E-state index in [9.17, 15) is 0 Å². The molecule has 0 saturated carbocycles. The zero-order valence-corrected chi connectivity index (χ0v) is 28.3. The van der Waals surface area contributed by atoms with Crippen LogP contribution in [0.25, 0.3) is 69.2 Å². The Morgan fingerprint density at radius 3 is 1.96 bits per heavy atom. The van der Waals surface area contributed by atoms with Crippen molar-refractivity contribution in [3.8, 4) is 11.1 Å². The SMILES string of the molecule is C1=C(c2ccccc2)CCC=C1N(c1ccc(-c2ccc3sc4ccc5ccccc5c4c3c2)cc1)c1ccc2c(ccc3ccccc32)c1. The molecule has 0 aliphatic heterocycles. The van der Waals surface area contributed by atoms with Gasteiger partial charge < -0.3 is 4.90 Å². The van der Waals surface area contributed by atoms with Crippen molar-refractivity contribution in [3.05, 3.63) is 187 Å². The summed E-state index contributed by atoms with van der Waals surface area (Å²) in [5.41, 5.74) is 8.65. The second-order valence-corrected chi connectivity index (χ2v) is 14.3. The minimum Gasteiger partial charge on any atom is -0.311 e. The van der Waals surface area contributed by atoms with Crippen molar-refractivity contribution in [3.63, 3.8) is 0 Å². The molecule has 0 saturated heterocycles. The Hall–Kier alpha value is -5.96. The highest BCUT2D eigenvalue weighted by Gasteiger charge is 2.19. The van der Waals surface area contributed by atoms with Crippen molar-refractivity contribution >= 4 is 80.8 Å². The predicted octanol–water partition coefficient (Wildman–Crippen LogP) is 14.1. The van der Waals surface area contributed by atoms with Crippen LogP contribution in [0.3, 0.4) is 0 Å². The number of benzene rings is 8. The van der Waals surface area contributed by atoms with Crippen LogP contribution < -0.4 is 4.90 Å². The van der Waals surface area contributed by atoms with Gasteiger partial charge in [-0.2, -0.15) is 0 Å². The lowest BCUT2D eigenvalue weighted by molar-refractivity contribution is 1.01. The molecule has 0 N–H and O–H groups in total. The van der Waals surface area contributed by atoms with E-state index < -0.39 is 0 Å². The second-order valence-electron chi connectivity index (χ2n) is 13.3. The van der Waals surface area contributed by atoms with Gasteiger partial charge in [0.25, 0.3) is 0 Å². The first-order chi connectivity index (χ1) is 24.8.